The van der Waals surface area contributed by atoms with Crippen molar-refractivity contribution in [3.05, 3.63) is 18.5 Å². The van der Waals surface area contributed by atoms with Crippen LogP contribution in [0.25, 0.3) is 0 Å². The van der Waals surface area contributed by atoms with Crippen molar-refractivity contribution < 1.29 is 0 Å². The number of likely N-dealkylation sites (N-methyl/N-ethyl adjacent to an activating group) is 1. The lowest BCUT2D eigenvalue weighted by Gasteiger charge is -2.14. The molecule has 1 unspecified atom stereocenters. The highest BCUT2D eigenvalue weighted by molar-refractivity contribution is 5.54. The first-order valence-corrected chi connectivity index (χ1v) is 5.92. The van der Waals surface area contributed by atoms with E-state index in [0.29, 0.717) is 6.04 Å². The van der Waals surface area contributed by atoms with Gasteiger partial charge in [0.05, 0.1) is 23.8 Å². The van der Waals surface area contributed by atoms with Crippen molar-refractivity contribution in [2.45, 2.75) is 19.4 Å². The summed E-state index contributed by atoms with van der Waals surface area (Å²) in [5.74, 6) is 0. The minimum Gasteiger partial charge on any atom is -0.384 e. The molecule has 0 amide bonds. The molecule has 0 bridgehead atoms. The predicted octanol–water partition coefficient (Wildman–Crippen LogP) is 1.63. The third-order valence-electron chi connectivity index (χ3n) is 2.88. The van der Waals surface area contributed by atoms with Crippen LogP contribution in [0.5, 0.6) is 0 Å². The molecule has 0 aliphatic carbocycles. The van der Waals surface area contributed by atoms with Crippen molar-refractivity contribution in [1.82, 2.24) is 9.88 Å². The monoisotopic (exact) mass is 220 g/mol. The van der Waals surface area contributed by atoms with Crippen molar-refractivity contribution in [3.63, 3.8) is 0 Å². The second kappa shape index (κ2) is 5.16. The van der Waals surface area contributed by atoms with E-state index < -0.39 is 0 Å². The van der Waals surface area contributed by atoms with E-state index in [0.717, 1.165) is 24.5 Å². The SMILES string of the molecule is CCNc1cncc(NC2CCN(C)C2)c1. The first-order chi connectivity index (χ1) is 7.78. The van der Waals surface area contributed by atoms with Crippen molar-refractivity contribution in [2.24, 2.45) is 0 Å². The lowest BCUT2D eigenvalue weighted by molar-refractivity contribution is 0.414. The van der Waals surface area contributed by atoms with Gasteiger partial charge in [-0.1, -0.05) is 0 Å². The Morgan fingerprint density at radius 3 is 2.94 bits per heavy atom. The average Bonchev–Trinajstić information content (AvgIpc) is 2.65. The summed E-state index contributed by atoms with van der Waals surface area (Å²) in [7, 11) is 2.16. The van der Waals surface area contributed by atoms with Crippen LogP contribution in [0.4, 0.5) is 11.4 Å². The molecule has 1 aliphatic rings. The number of pyridine rings is 1. The first-order valence-electron chi connectivity index (χ1n) is 5.92. The zero-order valence-corrected chi connectivity index (χ0v) is 10.0. The second-order valence-corrected chi connectivity index (χ2v) is 4.38. The normalized spacial score (nSPS) is 21.0. The Morgan fingerprint density at radius 2 is 2.25 bits per heavy atom. The van der Waals surface area contributed by atoms with Gasteiger partial charge >= 0.3 is 0 Å². The number of rotatable bonds is 4. The van der Waals surface area contributed by atoms with Gasteiger partial charge in [0.2, 0.25) is 0 Å². The predicted molar refractivity (Wildman–Crippen MR) is 67.9 cm³/mol. The molecular formula is C12H20N4. The number of aromatic nitrogens is 1. The Bertz CT molecular complexity index is 340. The maximum atomic E-state index is 4.23. The zero-order chi connectivity index (χ0) is 11.4. The van der Waals surface area contributed by atoms with Gasteiger partial charge in [-0.3, -0.25) is 4.98 Å². The Labute approximate surface area is 97.1 Å². The molecule has 0 spiro atoms. The number of anilines is 2. The fraction of sp³-hybridized carbons (Fsp3) is 0.583. The maximum Gasteiger partial charge on any atom is 0.0550 e. The van der Waals surface area contributed by atoms with E-state index in [-0.39, 0.29) is 0 Å². The topological polar surface area (TPSA) is 40.2 Å². The first kappa shape index (κ1) is 11.2. The molecule has 0 radical (unpaired) electrons. The van der Waals surface area contributed by atoms with Crippen LogP contribution in [0.3, 0.4) is 0 Å². The van der Waals surface area contributed by atoms with Gasteiger partial charge < -0.3 is 15.5 Å². The number of nitrogens with zero attached hydrogens (tertiary/aromatic N) is 2. The Balaban J connectivity index is 1.95. The van der Waals surface area contributed by atoms with E-state index in [1.807, 2.05) is 12.4 Å². The van der Waals surface area contributed by atoms with Gasteiger partial charge in [0, 0.05) is 19.1 Å². The van der Waals surface area contributed by atoms with Crippen LogP contribution in [0, 0.1) is 0 Å². The van der Waals surface area contributed by atoms with Crippen LogP contribution >= 0.6 is 0 Å². The minimum atomic E-state index is 0.559. The standard InChI is InChI=1S/C12H20N4/c1-3-14-11-6-12(8-13-7-11)15-10-4-5-16(2)9-10/h6-8,10,14-15H,3-5,9H2,1-2H3. The van der Waals surface area contributed by atoms with Gasteiger partial charge in [0.15, 0.2) is 0 Å². The highest BCUT2D eigenvalue weighted by Crippen LogP contribution is 2.17. The quantitative estimate of drug-likeness (QED) is 0.809. The van der Waals surface area contributed by atoms with Gasteiger partial charge in [0.1, 0.15) is 0 Å². The van der Waals surface area contributed by atoms with E-state index >= 15 is 0 Å². The fourth-order valence-electron chi connectivity index (χ4n) is 2.11. The van der Waals surface area contributed by atoms with Crippen molar-refractivity contribution in [1.29, 1.82) is 0 Å². The zero-order valence-electron chi connectivity index (χ0n) is 10.0. The summed E-state index contributed by atoms with van der Waals surface area (Å²) in [5.41, 5.74) is 2.19. The number of nitrogens with one attached hydrogen (secondary N) is 2. The highest BCUT2D eigenvalue weighted by atomic mass is 15.2. The van der Waals surface area contributed by atoms with Crippen molar-refractivity contribution in [2.75, 3.05) is 37.3 Å². The average molecular weight is 220 g/mol. The Kier molecular flexibility index (Phi) is 3.62. The molecule has 0 aromatic carbocycles. The summed E-state index contributed by atoms with van der Waals surface area (Å²) in [6.45, 7) is 5.31. The lowest BCUT2D eigenvalue weighted by Crippen LogP contribution is -2.23. The van der Waals surface area contributed by atoms with Crippen LogP contribution in [-0.4, -0.2) is 42.6 Å². The number of hydrogen-bond donors (Lipinski definition) is 2. The molecule has 1 aromatic rings. The lowest BCUT2D eigenvalue weighted by atomic mass is 10.2. The van der Waals surface area contributed by atoms with Crippen LogP contribution in [0.2, 0.25) is 0 Å². The molecule has 1 aliphatic heterocycles. The minimum absolute atomic E-state index is 0.559. The maximum absolute atomic E-state index is 4.23. The molecule has 2 rings (SSSR count). The molecule has 88 valence electrons. The van der Waals surface area contributed by atoms with Gasteiger partial charge in [-0.05, 0) is 33.0 Å². The fourth-order valence-corrected chi connectivity index (χ4v) is 2.11. The van der Waals surface area contributed by atoms with Gasteiger partial charge in [-0.15, -0.1) is 0 Å². The van der Waals surface area contributed by atoms with E-state index in [4.69, 9.17) is 0 Å². The van der Waals surface area contributed by atoms with Gasteiger partial charge in [0.25, 0.3) is 0 Å². The van der Waals surface area contributed by atoms with Crippen molar-refractivity contribution in [3.8, 4) is 0 Å². The summed E-state index contributed by atoms with van der Waals surface area (Å²) in [6, 6.07) is 2.68. The molecule has 0 saturated carbocycles. The van der Waals surface area contributed by atoms with Gasteiger partial charge in [-0.25, -0.2) is 0 Å². The molecule has 2 heterocycles. The van der Waals surface area contributed by atoms with E-state index in [1.165, 1.54) is 13.0 Å². The van der Waals surface area contributed by atoms with Crippen LogP contribution in [0.1, 0.15) is 13.3 Å². The number of likely N-dealkylation sites (tertiary alicyclic amines) is 1. The van der Waals surface area contributed by atoms with Gasteiger partial charge in [-0.2, -0.15) is 0 Å². The molecule has 4 heteroatoms. The largest absolute Gasteiger partial charge is 0.384 e. The van der Waals surface area contributed by atoms with Crippen LogP contribution < -0.4 is 10.6 Å². The Hall–Kier alpha value is -1.29. The molecule has 1 atom stereocenters. The van der Waals surface area contributed by atoms with Crippen LogP contribution in [0.15, 0.2) is 18.5 Å². The van der Waals surface area contributed by atoms with E-state index in [2.05, 4.69) is 40.6 Å². The third kappa shape index (κ3) is 2.85. The van der Waals surface area contributed by atoms with E-state index in [9.17, 15) is 0 Å². The molecular weight excluding hydrogens is 200 g/mol. The summed E-state index contributed by atoms with van der Waals surface area (Å²) in [6.07, 6.45) is 4.95. The molecule has 1 fully saturated rings. The smallest absolute Gasteiger partial charge is 0.0550 e. The second-order valence-electron chi connectivity index (χ2n) is 4.38. The summed E-state index contributed by atoms with van der Waals surface area (Å²) >= 11 is 0. The Morgan fingerprint density at radius 1 is 1.44 bits per heavy atom. The summed E-state index contributed by atoms with van der Waals surface area (Å²) in [5, 5.41) is 6.79. The van der Waals surface area contributed by atoms with Crippen LogP contribution in [-0.2, 0) is 0 Å². The molecule has 16 heavy (non-hydrogen) atoms. The van der Waals surface area contributed by atoms with Crippen molar-refractivity contribution >= 4 is 11.4 Å². The third-order valence-corrected chi connectivity index (χ3v) is 2.88. The van der Waals surface area contributed by atoms with E-state index in [1.54, 1.807) is 0 Å². The molecule has 2 N–H and O–H groups in total. The number of hydrogen-bond acceptors (Lipinski definition) is 4. The molecule has 4 nitrogen and oxygen atoms in total. The molecule has 1 saturated heterocycles. The summed E-state index contributed by atoms with van der Waals surface area (Å²) in [4.78, 5) is 6.57. The summed E-state index contributed by atoms with van der Waals surface area (Å²) < 4.78 is 0. The molecule has 1 aromatic heterocycles. The highest BCUT2D eigenvalue weighted by Gasteiger charge is 2.18.